The smallest absolute Gasteiger partial charge is 0.314 e. The summed E-state index contributed by atoms with van der Waals surface area (Å²) >= 11 is 0. The topological polar surface area (TPSA) is 88.8 Å². The maximum Gasteiger partial charge on any atom is 0.314 e. The first-order valence-electron chi connectivity index (χ1n) is 11.6. The van der Waals surface area contributed by atoms with Gasteiger partial charge in [-0.15, -0.1) is 0 Å². The average Bonchev–Trinajstić information content (AvgIpc) is 3.09. The Bertz CT molecular complexity index is 1220. The minimum absolute atomic E-state index is 0.236. The molecule has 0 atom stereocenters. The fourth-order valence-corrected chi connectivity index (χ4v) is 3.46. The highest BCUT2D eigenvalue weighted by Crippen LogP contribution is 2.27. The summed E-state index contributed by atoms with van der Waals surface area (Å²) in [4.78, 5) is 37.2. The standard InChI is InChI=1S/C27H32N2O6/c1-6-7-13-23-24(31)28(21-14-16-22(17-15-21)35-19(2)30)29(20-11-9-8-10-12-20)25(23)33-18-34-26(32)27(3,4)5/h8-12,14-17H,6-7,13,18H2,1-5H3. The number of hydrogen-bond donors (Lipinski definition) is 0. The SMILES string of the molecule is CCCCc1c(OCOC(=O)C(C)(C)C)n(-c2ccccc2)n(-c2ccc(OC(C)=O)cc2)c1=O. The summed E-state index contributed by atoms with van der Waals surface area (Å²) in [5.74, 6) is -0.129. The van der Waals surface area contributed by atoms with Gasteiger partial charge < -0.3 is 14.2 Å². The van der Waals surface area contributed by atoms with Crippen LogP contribution in [-0.4, -0.2) is 28.1 Å². The highest BCUT2D eigenvalue weighted by Gasteiger charge is 2.26. The van der Waals surface area contributed by atoms with E-state index in [2.05, 4.69) is 0 Å². The van der Waals surface area contributed by atoms with Crippen molar-refractivity contribution in [2.75, 3.05) is 6.79 Å². The molecule has 186 valence electrons. The molecule has 0 spiro atoms. The normalized spacial score (nSPS) is 11.2. The van der Waals surface area contributed by atoms with Crippen LogP contribution in [0.1, 0.15) is 53.0 Å². The molecule has 0 aliphatic heterocycles. The van der Waals surface area contributed by atoms with Crippen LogP contribution < -0.4 is 15.0 Å². The number of esters is 2. The van der Waals surface area contributed by atoms with Gasteiger partial charge in [0, 0.05) is 6.92 Å². The Morgan fingerprint density at radius 1 is 0.914 bits per heavy atom. The Labute approximate surface area is 205 Å². The van der Waals surface area contributed by atoms with Crippen molar-refractivity contribution in [1.29, 1.82) is 0 Å². The van der Waals surface area contributed by atoms with Gasteiger partial charge in [0.1, 0.15) is 5.75 Å². The minimum Gasteiger partial charge on any atom is -0.440 e. The van der Waals surface area contributed by atoms with Crippen LogP contribution >= 0.6 is 0 Å². The van der Waals surface area contributed by atoms with Crippen LogP contribution in [0.15, 0.2) is 59.4 Å². The third kappa shape index (κ3) is 6.20. The first-order valence-corrected chi connectivity index (χ1v) is 11.6. The number of ether oxygens (including phenoxy) is 3. The highest BCUT2D eigenvalue weighted by molar-refractivity contribution is 5.75. The number of carbonyl (C=O) groups excluding carboxylic acids is 2. The molecule has 8 heteroatoms. The molecular weight excluding hydrogens is 448 g/mol. The summed E-state index contributed by atoms with van der Waals surface area (Å²) in [6.45, 7) is 8.34. The Hall–Kier alpha value is -3.81. The summed E-state index contributed by atoms with van der Waals surface area (Å²) < 4.78 is 19.6. The average molecular weight is 481 g/mol. The summed E-state index contributed by atoms with van der Waals surface area (Å²) in [5, 5.41) is 0. The fourth-order valence-electron chi connectivity index (χ4n) is 3.46. The zero-order valence-electron chi connectivity index (χ0n) is 20.9. The van der Waals surface area contributed by atoms with Gasteiger partial charge in [0.25, 0.3) is 5.56 Å². The van der Waals surface area contributed by atoms with Gasteiger partial charge in [-0.25, -0.2) is 9.36 Å². The molecule has 0 N–H and O–H groups in total. The van der Waals surface area contributed by atoms with E-state index in [0.29, 0.717) is 35.0 Å². The molecule has 0 radical (unpaired) electrons. The number of rotatable bonds is 9. The number of hydrogen-bond acceptors (Lipinski definition) is 6. The van der Waals surface area contributed by atoms with E-state index >= 15 is 0 Å². The molecule has 0 saturated carbocycles. The first kappa shape index (κ1) is 25.8. The maximum absolute atomic E-state index is 13.7. The van der Waals surface area contributed by atoms with E-state index in [4.69, 9.17) is 14.2 Å². The van der Waals surface area contributed by atoms with Crippen molar-refractivity contribution in [2.45, 2.75) is 53.9 Å². The molecule has 0 bridgehead atoms. The van der Waals surface area contributed by atoms with E-state index in [9.17, 15) is 14.4 Å². The van der Waals surface area contributed by atoms with Crippen LogP contribution in [-0.2, 0) is 20.7 Å². The number of aromatic nitrogens is 2. The van der Waals surface area contributed by atoms with Crippen LogP contribution in [0.2, 0.25) is 0 Å². The van der Waals surface area contributed by atoms with Crippen molar-refractivity contribution >= 4 is 11.9 Å². The van der Waals surface area contributed by atoms with E-state index in [1.165, 1.54) is 11.6 Å². The second kappa shape index (κ2) is 11.1. The summed E-state index contributed by atoms with van der Waals surface area (Å²) in [5.41, 5.74) is 0.845. The van der Waals surface area contributed by atoms with Gasteiger partial charge >= 0.3 is 11.9 Å². The van der Waals surface area contributed by atoms with Crippen molar-refractivity contribution in [3.05, 3.63) is 70.5 Å². The molecule has 0 aliphatic carbocycles. The molecule has 0 aliphatic rings. The lowest BCUT2D eigenvalue weighted by atomic mass is 9.98. The van der Waals surface area contributed by atoms with Crippen LogP contribution in [0.3, 0.4) is 0 Å². The van der Waals surface area contributed by atoms with Gasteiger partial charge in [0.15, 0.2) is 0 Å². The molecule has 1 heterocycles. The van der Waals surface area contributed by atoms with Gasteiger partial charge in [-0.2, -0.15) is 0 Å². The second-order valence-corrected chi connectivity index (χ2v) is 9.18. The van der Waals surface area contributed by atoms with Gasteiger partial charge in [-0.05, 0) is 70.0 Å². The van der Waals surface area contributed by atoms with Gasteiger partial charge in [-0.3, -0.25) is 14.4 Å². The Morgan fingerprint density at radius 2 is 1.54 bits per heavy atom. The van der Waals surface area contributed by atoms with Crippen LogP contribution in [0.25, 0.3) is 11.4 Å². The van der Waals surface area contributed by atoms with Gasteiger partial charge in [0.2, 0.25) is 12.7 Å². The first-order chi connectivity index (χ1) is 16.6. The number of carbonyl (C=O) groups is 2. The highest BCUT2D eigenvalue weighted by atomic mass is 16.7. The van der Waals surface area contributed by atoms with Crippen LogP contribution in [0, 0.1) is 5.41 Å². The predicted molar refractivity (Wildman–Crippen MR) is 132 cm³/mol. The molecule has 0 fully saturated rings. The predicted octanol–water partition coefficient (Wildman–Crippen LogP) is 4.82. The van der Waals surface area contributed by atoms with Gasteiger partial charge in [0.05, 0.1) is 22.4 Å². The van der Waals surface area contributed by atoms with Crippen LogP contribution in [0.5, 0.6) is 11.6 Å². The molecule has 0 amide bonds. The van der Waals surface area contributed by atoms with Crippen molar-refractivity contribution in [3.63, 3.8) is 0 Å². The van der Waals surface area contributed by atoms with Crippen molar-refractivity contribution in [2.24, 2.45) is 5.41 Å². The Morgan fingerprint density at radius 3 is 2.11 bits per heavy atom. The van der Waals surface area contributed by atoms with E-state index in [0.717, 1.165) is 12.8 Å². The molecule has 0 saturated heterocycles. The lowest BCUT2D eigenvalue weighted by Gasteiger charge is -2.18. The van der Waals surface area contributed by atoms with E-state index in [1.54, 1.807) is 49.7 Å². The summed E-state index contributed by atoms with van der Waals surface area (Å²) in [6.07, 6.45) is 2.19. The van der Waals surface area contributed by atoms with Crippen molar-refractivity contribution in [3.8, 4) is 23.0 Å². The number of nitrogens with zero attached hydrogens (tertiary/aromatic N) is 2. The molecule has 3 rings (SSSR count). The Balaban J connectivity index is 2.12. The molecule has 35 heavy (non-hydrogen) atoms. The lowest BCUT2D eigenvalue weighted by Crippen LogP contribution is -2.25. The third-order valence-electron chi connectivity index (χ3n) is 5.22. The summed E-state index contributed by atoms with van der Waals surface area (Å²) in [7, 11) is 0. The van der Waals surface area contributed by atoms with E-state index in [1.807, 2.05) is 37.3 Å². The van der Waals surface area contributed by atoms with E-state index in [-0.39, 0.29) is 12.4 Å². The van der Waals surface area contributed by atoms with Crippen molar-refractivity contribution in [1.82, 2.24) is 9.36 Å². The van der Waals surface area contributed by atoms with Gasteiger partial charge in [-0.1, -0.05) is 31.5 Å². The molecule has 3 aromatic rings. The largest absolute Gasteiger partial charge is 0.440 e. The minimum atomic E-state index is -0.677. The molecular formula is C27H32N2O6. The second-order valence-electron chi connectivity index (χ2n) is 9.18. The van der Waals surface area contributed by atoms with Crippen molar-refractivity contribution < 1.29 is 23.8 Å². The number of para-hydroxylation sites is 1. The lowest BCUT2D eigenvalue weighted by molar-refractivity contribution is -0.159. The molecule has 2 aromatic carbocycles. The maximum atomic E-state index is 13.7. The Kier molecular flexibility index (Phi) is 8.17. The quantitative estimate of drug-likeness (QED) is 0.248. The fraction of sp³-hybridized carbons (Fsp3) is 0.370. The number of unbranched alkanes of at least 4 members (excludes halogenated alkanes) is 1. The summed E-state index contributed by atoms with van der Waals surface area (Å²) in [6, 6.07) is 16.0. The zero-order chi connectivity index (χ0) is 25.6. The monoisotopic (exact) mass is 480 g/mol. The van der Waals surface area contributed by atoms with E-state index < -0.39 is 17.4 Å². The third-order valence-corrected chi connectivity index (χ3v) is 5.22. The molecule has 1 aromatic heterocycles. The molecule has 8 nitrogen and oxygen atoms in total. The van der Waals surface area contributed by atoms with Crippen LogP contribution in [0.4, 0.5) is 0 Å². The number of benzene rings is 2. The zero-order valence-corrected chi connectivity index (χ0v) is 20.9. The molecule has 0 unspecified atom stereocenters.